The zero-order chi connectivity index (χ0) is 19.4. The van der Waals surface area contributed by atoms with E-state index in [0.29, 0.717) is 5.56 Å². The van der Waals surface area contributed by atoms with Crippen molar-refractivity contribution in [3.8, 4) is 6.07 Å². The van der Waals surface area contributed by atoms with Crippen LogP contribution in [0.2, 0.25) is 13.3 Å². The molecule has 4 heteroatoms. The molecule has 0 spiro atoms. The van der Waals surface area contributed by atoms with Crippen LogP contribution in [0.1, 0.15) is 81.5 Å². The molecule has 0 saturated carbocycles. The van der Waals surface area contributed by atoms with E-state index in [-0.39, 0.29) is 10.1 Å². The number of benzene rings is 1. The van der Waals surface area contributed by atoms with Crippen LogP contribution >= 0.6 is 0 Å². The van der Waals surface area contributed by atoms with E-state index in [1.54, 1.807) is 0 Å². The van der Waals surface area contributed by atoms with Gasteiger partial charge in [-0.1, -0.05) is 0 Å². The van der Waals surface area contributed by atoms with Crippen LogP contribution in [-0.2, 0) is 9.53 Å². The predicted molar refractivity (Wildman–Crippen MR) is 111 cm³/mol. The third-order valence-electron chi connectivity index (χ3n) is 5.27. The molecule has 1 aromatic carbocycles. The normalized spacial score (nSPS) is 12.4. The molecule has 0 radical (unpaired) electrons. The van der Waals surface area contributed by atoms with Crippen LogP contribution in [0.15, 0.2) is 24.3 Å². The van der Waals surface area contributed by atoms with Crippen molar-refractivity contribution in [2.45, 2.75) is 83.6 Å². The second-order valence-corrected chi connectivity index (χ2v) is 21.0. The number of carbonyl (C=O) groups is 1. The summed E-state index contributed by atoms with van der Waals surface area (Å²) in [5.41, 5.74) is 1.77. The monoisotopic (exact) mass is 465 g/mol. The van der Waals surface area contributed by atoms with Gasteiger partial charge in [0.05, 0.1) is 0 Å². The number of rotatable bonds is 12. The van der Waals surface area contributed by atoms with Gasteiger partial charge in [0.25, 0.3) is 0 Å². The zero-order valence-corrected chi connectivity index (χ0v) is 19.9. The summed E-state index contributed by atoms with van der Waals surface area (Å²) in [6.45, 7) is 8.28. The van der Waals surface area contributed by atoms with Gasteiger partial charge in [-0.3, -0.25) is 0 Å². The van der Waals surface area contributed by atoms with Crippen LogP contribution in [-0.4, -0.2) is 24.3 Å². The van der Waals surface area contributed by atoms with Crippen molar-refractivity contribution in [1.82, 2.24) is 0 Å². The Labute approximate surface area is 164 Å². The van der Waals surface area contributed by atoms with E-state index in [4.69, 9.17) is 10.00 Å². The molecule has 1 atom stereocenters. The fourth-order valence-electron chi connectivity index (χ4n) is 3.80. The van der Waals surface area contributed by atoms with Gasteiger partial charge in [-0.2, -0.15) is 0 Å². The Hall–Kier alpha value is -1.02. The summed E-state index contributed by atoms with van der Waals surface area (Å²) in [6.07, 6.45) is 7.28. The van der Waals surface area contributed by atoms with Crippen molar-refractivity contribution in [2.75, 3.05) is 0 Å². The Balaban J connectivity index is 3.34. The van der Waals surface area contributed by atoms with Crippen LogP contribution in [0.3, 0.4) is 0 Å². The summed E-state index contributed by atoms with van der Waals surface area (Å²) in [7, 11) is 0. The second kappa shape index (κ2) is 12.4. The van der Waals surface area contributed by atoms with Crippen LogP contribution < -0.4 is 0 Å². The minimum atomic E-state index is -2.78. The van der Waals surface area contributed by atoms with Crippen molar-refractivity contribution in [1.29, 1.82) is 5.26 Å². The Morgan fingerprint density at radius 2 is 1.46 bits per heavy atom. The van der Waals surface area contributed by atoms with Crippen LogP contribution in [0, 0.1) is 11.3 Å². The summed E-state index contributed by atoms with van der Waals surface area (Å²) in [5, 5.41) is 9.10. The van der Waals surface area contributed by atoms with Crippen molar-refractivity contribution >= 4 is 24.3 Å². The number of hydrogen-bond donors (Lipinski definition) is 0. The van der Waals surface area contributed by atoms with Crippen LogP contribution in [0.25, 0.3) is 0 Å². The van der Waals surface area contributed by atoms with Crippen LogP contribution in [0.4, 0.5) is 0 Å². The summed E-state index contributed by atoms with van der Waals surface area (Å²) < 4.78 is 9.85. The third kappa shape index (κ3) is 6.94. The van der Waals surface area contributed by atoms with E-state index in [1.807, 2.05) is 24.3 Å². The molecule has 0 aliphatic rings. The third-order valence-corrected chi connectivity index (χ3v) is 21.3. The molecule has 0 bridgehead atoms. The Morgan fingerprint density at radius 1 is 1.00 bits per heavy atom. The van der Waals surface area contributed by atoms with Gasteiger partial charge in [0, 0.05) is 0 Å². The fraction of sp³-hybridized carbons (Fsp3) is 0.636. The van der Waals surface area contributed by atoms with E-state index in [2.05, 4.69) is 26.8 Å². The summed E-state index contributed by atoms with van der Waals surface area (Å²) >= 11 is -2.78. The maximum atomic E-state index is 12.0. The van der Waals surface area contributed by atoms with Gasteiger partial charge < -0.3 is 0 Å². The van der Waals surface area contributed by atoms with E-state index >= 15 is 0 Å². The number of carbonyl (C=O) groups excluding carboxylic acids is 1. The molecule has 0 aliphatic heterocycles. The summed E-state index contributed by atoms with van der Waals surface area (Å²) in [5.74, 6) is -0.176. The van der Waals surface area contributed by atoms with Crippen molar-refractivity contribution in [2.24, 2.45) is 0 Å². The van der Waals surface area contributed by atoms with E-state index < -0.39 is 18.4 Å². The molecule has 26 heavy (non-hydrogen) atoms. The molecule has 0 fully saturated rings. The Bertz CT molecular complexity index is 555. The molecular formula is C22H35NO2Sn. The van der Waals surface area contributed by atoms with Gasteiger partial charge in [0.15, 0.2) is 0 Å². The zero-order valence-electron chi connectivity index (χ0n) is 17.0. The van der Waals surface area contributed by atoms with Crippen molar-refractivity contribution < 1.29 is 9.53 Å². The van der Waals surface area contributed by atoms with Gasteiger partial charge in [0.2, 0.25) is 0 Å². The van der Waals surface area contributed by atoms with E-state index in [9.17, 15) is 4.79 Å². The molecule has 0 aliphatic carbocycles. The first-order valence-corrected chi connectivity index (χ1v) is 17.9. The number of nitriles is 1. The SMILES string of the molecule is CCC[CH2][Sn]([CH2]CCC)([CH2]CCC)[C@H](OC(C)=O)c1ccc(C#N)cc1. The number of nitrogens with zero attached hydrogens (tertiary/aromatic N) is 1. The predicted octanol–water partition coefficient (Wildman–Crippen LogP) is 6.55. The number of hydrogen-bond acceptors (Lipinski definition) is 3. The topological polar surface area (TPSA) is 50.1 Å². The Morgan fingerprint density at radius 3 is 1.81 bits per heavy atom. The van der Waals surface area contributed by atoms with Gasteiger partial charge in [-0.15, -0.1) is 0 Å². The first-order chi connectivity index (χ1) is 12.5. The molecule has 1 aromatic rings. The molecule has 144 valence electrons. The van der Waals surface area contributed by atoms with E-state index in [1.165, 1.54) is 58.8 Å². The number of ether oxygens (including phenoxy) is 1. The molecule has 1 rings (SSSR count). The molecule has 0 saturated heterocycles. The molecular weight excluding hydrogens is 429 g/mol. The number of esters is 1. The molecule has 0 heterocycles. The quantitative estimate of drug-likeness (QED) is 0.260. The standard InChI is InChI=1S/C10H8NO2.3C4H9.Sn/c1-8(12)13-7-10-4-2-9(6-11)3-5-10;3*1-3-4-2;/h2-5,7H,1H3;3*1,3-4H2,2H3;. The van der Waals surface area contributed by atoms with Crippen molar-refractivity contribution in [3.63, 3.8) is 0 Å². The molecule has 3 nitrogen and oxygen atoms in total. The second-order valence-electron chi connectivity index (χ2n) is 7.40. The Kier molecular flexibility index (Phi) is 11.0. The summed E-state index contributed by atoms with van der Waals surface area (Å²) in [6, 6.07) is 9.94. The molecule has 0 amide bonds. The molecule has 0 N–H and O–H groups in total. The van der Waals surface area contributed by atoms with Gasteiger partial charge in [-0.25, -0.2) is 0 Å². The first kappa shape index (κ1) is 23.0. The maximum absolute atomic E-state index is 12.0. The van der Waals surface area contributed by atoms with Crippen molar-refractivity contribution in [3.05, 3.63) is 35.4 Å². The van der Waals surface area contributed by atoms with Gasteiger partial charge in [-0.05, 0) is 0 Å². The number of unbranched alkanes of at least 4 members (excludes halogenated alkanes) is 3. The molecule has 0 unspecified atom stereocenters. The minimum absolute atomic E-state index is 0.0285. The van der Waals surface area contributed by atoms with Gasteiger partial charge in [0.1, 0.15) is 0 Å². The van der Waals surface area contributed by atoms with Gasteiger partial charge >= 0.3 is 164 Å². The summed E-state index contributed by atoms with van der Waals surface area (Å²) in [4.78, 5) is 12.0. The fourth-order valence-corrected chi connectivity index (χ4v) is 21.0. The average molecular weight is 464 g/mol. The van der Waals surface area contributed by atoms with E-state index in [0.717, 1.165) is 5.56 Å². The molecule has 0 aromatic heterocycles. The van der Waals surface area contributed by atoms with Crippen LogP contribution in [0.5, 0.6) is 0 Å². The average Bonchev–Trinajstić information content (AvgIpc) is 2.66. The first-order valence-electron chi connectivity index (χ1n) is 10.2.